The van der Waals surface area contributed by atoms with E-state index in [2.05, 4.69) is 5.32 Å². The molecule has 0 atom stereocenters. The van der Waals surface area contributed by atoms with E-state index in [1.165, 1.54) is 11.0 Å². The van der Waals surface area contributed by atoms with Crippen molar-refractivity contribution in [3.05, 3.63) is 65.0 Å². The standard InChI is InChI=1S/C21H26FN3O2/c1-15-8-7-9-16(2)21(15)23-19(26)13-25(4)20(27)14-24(3)12-17-10-5-6-11-18(17)22/h5-11H,12-14H2,1-4H3,(H,23,26). The summed E-state index contributed by atoms with van der Waals surface area (Å²) in [6, 6.07) is 12.3. The first kappa shape index (κ1) is 20.6. The summed E-state index contributed by atoms with van der Waals surface area (Å²) in [7, 11) is 3.33. The molecule has 2 aromatic rings. The lowest BCUT2D eigenvalue weighted by Gasteiger charge is -2.22. The van der Waals surface area contributed by atoms with Gasteiger partial charge >= 0.3 is 0 Å². The summed E-state index contributed by atoms with van der Waals surface area (Å²) in [4.78, 5) is 27.7. The van der Waals surface area contributed by atoms with E-state index >= 15 is 0 Å². The van der Waals surface area contributed by atoms with E-state index in [4.69, 9.17) is 0 Å². The Hall–Kier alpha value is -2.73. The Bertz CT molecular complexity index is 803. The van der Waals surface area contributed by atoms with Gasteiger partial charge in [0.05, 0.1) is 13.1 Å². The van der Waals surface area contributed by atoms with E-state index < -0.39 is 0 Å². The first-order valence-corrected chi connectivity index (χ1v) is 8.80. The number of hydrogen-bond donors (Lipinski definition) is 1. The van der Waals surface area contributed by atoms with Crippen LogP contribution in [0.2, 0.25) is 0 Å². The van der Waals surface area contributed by atoms with Crippen molar-refractivity contribution < 1.29 is 14.0 Å². The van der Waals surface area contributed by atoms with Crippen LogP contribution in [0.4, 0.5) is 10.1 Å². The van der Waals surface area contributed by atoms with Crippen LogP contribution in [0.15, 0.2) is 42.5 Å². The number of aryl methyl sites for hydroxylation is 2. The Morgan fingerprint density at radius 1 is 0.963 bits per heavy atom. The first-order valence-electron chi connectivity index (χ1n) is 8.80. The predicted molar refractivity (Wildman–Crippen MR) is 105 cm³/mol. The van der Waals surface area contributed by atoms with Gasteiger partial charge in [-0.05, 0) is 38.1 Å². The molecule has 0 aliphatic rings. The summed E-state index contributed by atoms with van der Waals surface area (Å²) in [5.74, 6) is -0.747. The Morgan fingerprint density at radius 3 is 2.22 bits per heavy atom. The smallest absolute Gasteiger partial charge is 0.243 e. The van der Waals surface area contributed by atoms with Crippen LogP contribution in [-0.4, -0.2) is 48.8 Å². The normalized spacial score (nSPS) is 10.7. The maximum absolute atomic E-state index is 13.7. The molecule has 0 bridgehead atoms. The number of nitrogens with one attached hydrogen (secondary N) is 1. The molecule has 0 saturated heterocycles. The third-order valence-electron chi connectivity index (χ3n) is 4.36. The van der Waals surface area contributed by atoms with Crippen LogP contribution < -0.4 is 5.32 Å². The molecule has 2 rings (SSSR count). The van der Waals surface area contributed by atoms with Gasteiger partial charge in [-0.3, -0.25) is 14.5 Å². The molecule has 0 saturated carbocycles. The topological polar surface area (TPSA) is 52.7 Å². The highest BCUT2D eigenvalue weighted by Gasteiger charge is 2.16. The SMILES string of the molecule is Cc1cccc(C)c1NC(=O)CN(C)C(=O)CN(C)Cc1ccccc1F. The van der Waals surface area contributed by atoms with Gasteiger partial charge in [0.2, 0.25) is 11.8 Å². The first-order chi connectivity index (χ1) is 12.8. The lowest BCUT2D eigenvalue weighted by molar-refractivity contribution is -0.134. The molecule has 0 unspecified atom stereocenters. The largest absolute Gasteiger partial charge is 0.335 e. The molecule has 0 spiro atoms. The summed E-state index contributed by atoms with van der Waals surface area (Å²) < 4.78 is 13.7. The Labute approximate surface area is 159 Å². The quantitative estimate of drug-likeness (QED) is 0.814. The van der Waals surface area contributed by atoms with Gasteiger partial charge in [-0.2, -0.15) is 0 Å². The average Bonchev–Trinajstić information content (AvgIpc) is 2.60. The molecule has 27 heavy (non-hydrogen) atoms. The molecule has 0 radical (unpaired) electrons. The Morgan fingerprint density at radius 2 is 1.59 bits per heavy atom. The molecule has 0 fully saturated rings. The molecule has 5 nitrogen and oxygen atoms in total. The third-order valence-corrected chi connectivity index (χ3v) is 4.36. The maximum Gasteiger partial charge on any atom is 0.243 e. The van der Waals surface area contributed by atoms with Gasteiger partial charge in [0, 0.05) is 24.8 Å². The number of carbonyl (C=O) groups excluding carboxylic acids is 2. The van der Waals surface area contributed by atoms with Gasteiger partial charge in [-0.15, -0.1) is 0 Å². The highest BCUT2D eigenvalue weighted by Crippen LogP contribution is 2.19. The van der Waals surface area contributed by atoms with Crippen LogP contribution in [-0.2, 0) is 16.1 Å². The van der Waals surface area contributed by atoms with Crippen LogP contribution in [0, 0.1) is 19.7 Å². The summed E-state index contributed by atoms with van der Waals surface area (Å²) >= 11 is 0. The zero-order valence-corrected chi connectivity index (χ0v) is 16.3. The van der Waals surface area contributed by atoms with Crippen molar-refractivity contribution in [1.29, 1.82) is 0 Å². The fourth-order valence-corrected chi connectivity index (χ4v) is 2.82. The highest BCUT2D eigenvalue weighted by molar-refractivity contribution is 5.95. The number of para-hydroxylation sites is 1. The van der Waals surface area contributed by atoms with Crippen molar-refractivity contribution >= 4 is 17.5 Å². The van der Waals surface area contributed by atoms with Gasteiger partial charge in [-0.25, -0.2) is 4.39 Å². The molecule has 1 N–H and O–H groups in total. The molecule has 2 amide bonds. The summed E-state index contributed by atoms with van der Waals surface area (Å²) in [6.07, 6.45) is 0. The molecule has 144 valence electrons. The lowest BCUT2D eigenvalue weighted by atomic mass is 10.1. The second kappa shape index (κ2) is 9.28. The van der Waals surface area contributed by atoms with E-state index in [0.29, 0.717) is 12.1 Å². The van der Waals surface area contributed by atoms with E-state index in [-0.39, 0.29) is 30.7 Å². The van der Waals surface area contributed by atoms with Gasteiger partial charge in [0.15, 0.2) is 0 Å². The molecule has 6 heteroatoms. The molecular weight excluding hydrogens is 345 g/mol. The number of likely N-dealkylation sites (N-methyl/N-ethyl adjacent to an activating group) is 2. The number of benzene rings is 2. The van der Waals surface area contributed by atoms with E-state index in [9.17, 15) is 14.0 Å². The van der Waals surface area contributed by atoms with Gasteiger partial charge in [0.25, 0.3) is 0 Å². The Balaban J connectivity index is 1.87. The number of anilines is 1. The molecular formula is C21H26FN3O2. The van der Waals surface area contributed by atoms with Gasteiger partial charge < -0.3 is 10.2 Å². The number of hydrogen-bond acceptors (Lipinski definition) is 3. The van der Waals surface area contributed by atoms with Crippen molar-refractivity contribution in [2.45, 2.75) is 20.4 Å². The summed E-state index contributed by atoms with van der Waals surface area (Å²) in [6.45, 7) is 4.23. The molecule has 0 aliphatic carbocycles. The highest BCUT2D eigenvalue weighted by atomic mass is 19.1. The molecule has 0 aliphatic heterocycles. The maximum atomic E-state index is 13.7. The average molecular weight is 371 g/mol. The minimum absolute atomic E-state index is 0.0415. The number of amides is 2. The zero-order chi connectivity index (χ0) is 20.0. The fourth-order valence-electron chi connectivity index (χ4n) is 2.82. The van der Waals surface area contributed by atoms with Crippen molar-refractivity contribution in [3.63, 3.8) is 0 Å². The second-order valence-electron chi connectivity index (χ2n) is 6.83. The number of nitrogens with zero attached hydrogens (tertiary/aromatic N) is 2. The van der Waals surface area contributed by atoms with Crippen molar-refractivity contribution in [2.24, 2.45) is 0 Å². The van der Waals surface area contributed by atoms with Crippen LogP contribution >= 0.6 is 0 Å². The van der Waals surface area contributed by atoms with Gasteiger partial charge in [0.1, 0.15) is 5.82 Å². The van der Waals surface area contributed by atoms with Crippen molar-refractivity contribution in [1.82, 2.24) is 9.80 Å². The van der Waals surface area contributed by atoms with Crippen molar-refractivity contribution in [2.75, 3.05) is 32.5 Å². The number of halogens is 1. The zero-order valence-electron chi connectivity index (χ0n) is 16.3. The van der Waals surface area contributed by atoms with Crippen molar-refractivity contribution in [3.8, 4) is 0 Å². The lowest BCUT2D eigenvalue weighted by Crippen LogP contribution is -2.40. The molecule has 0 heterocycles. The number of carbonyl (C=O) groups is 2. The van der Waals surface area contributed by atoms with E-state index in [1.807, 2.05) is 32.0 Å². The van der Waals surface area contributed by atoms with Crippen LogP contribution in [0.1, 0.15) is 16.7 Å². The number of rotatable bonds is 7. The summed E-state index contributed by atoms with van der Waals surface area (Å²) in [5, 5.41) is 2.87. The van der Waals surface area contributed by atoms with E-state index in [1.54, 1.807) is 37.2 Å². The third kappa shape index (κ3) is 5.89. The van der Waals surface area contributed by atoms with Crippen LogP contribution in [0.3, 0.4) is 0 Å². The van der Waals surface area contributed by atoms with Crippen LogP contribution in [0.5, 0.6) is 0 Å². The molecule has 2 aromatic carbocycles. The fraction of sp³-hybridized carbons (Fsp3) is 0.333. The van der Waals surface area contributed by atoms with E-state index in [0.717, 1.165) is 16.8 Å². The Kier molecular flexibility index (Phi) is 7.07. The monoisotopic (exact) mass is 371 g/mol. The van der Waals surface area contributed by atoms with Gasteiger partial charge in [-0.1, -0.05) is 36.4 Å². The minimum atomic E-state index is -0.293. The second-order valence-corrected chi connectivity index (χ2v) is 6.83. The predicted octanol–water partition coefficient (Wildman–Crippen LogP) is 2.97. The summed E-state index contributed by atoms with van der Waals surface area (Å²) in [5.41, 5.74) is 3.26. The minimum Gasteiger partial charge on any atom is -0.335 e. The molecule has 0 aromatic heterocycles. The van der Waals surface area contributed by atoms with Crippen LogP contribution in [0.25, 0.3) is 0 Å².